The van der Waals surface area contributed by atoms with Crippen molar-refractivity contribution in [1.82, 2.24) is 10.6 Å². The van der Waals surface area contributed by atoms with Crippen LogP contribution in [0.25, 0.3) is 0 Å². The van der Waals surface area contributed by atoms with Crippen molar-refractivity contribution in [2.24, 2.45) is 5.92 Å². The van der Waals surface area contributed by atoms with Gasteiger partial charge in [0.25, 0.3) is 0 Å². The van der Waals surface area contributed by atoms with E-state index in [1.165, 1.54) is 0 Å². The molecule has 0 aromatic heterocycles. The molecule has 4 nitrogen and oxygen atoms in total. The van der Waals surface area contributed by atoms with Crippen LogP contribution in [0.15, 0.2) is 0 Å². The van der Waals surface area contributed by atoms with Crippen LogP contribution in [-0.2, 0) is 9.53 Å². The van der Waals surface area contributed by atoms with Crippen LogP contribution in [0.2, 0.25) is 0 Å². The second kappa shape index (κ2) is 8.46. The van der Waals surface area contributed by atoms with Crippen molar-refractivity contribution < 1.29 is 22.7 Å². The lowest BCUT2D eigenvalue weighted by molar-refractivity contribution is -0.135. The molecule has 0 aromatic rings. The Balaban J connectivity index is 2.18. The van der Waals surface area contributed by atoms with Crippen molar-refractivity contribution in [3.8, 4) is 0 Å². The first-order chi connectivity index (χ1) is 9.44. The summed E-state index contributed by atoms with van der Waals surface area (Å²) in [6, 6.07) is 0.00475. The minimum Gasteiger partial charge on any atom is -0.379 e. The highest BCUT2D eigenvalue weighted by molar-refractivity contribution is 5.79. The van der Waals surface area contributed by atoms with Crippen LogP contribution in [0, 0.1) is 5.92 Å². The topological polar surface area (TPSA) is 50.4 Å². The van der Waals surface area contributed by atoms with Gasteiger partial charge in [0.2, 0.25) is 5.91 Å². The number of hydrogen-bond acceptors (Lipinski definition) is 3. The molecule has 20 heavy (non-hydrogen) atoms. The molecule has 0 radical (unpaired) electrons. The van der Waals surface area contributed by atoms with E-state index in [0.717, 1.165) is 13.0 Å². The van der Waals surface area contributed by atoms with Gasteiger partial charge in [-0.1, -0.05) is 6.92 Å². The fraction of sp³-hybridized carbons (Fsp3) is 0.923. The SMILES string of the molecule is CCCNC1COCC1C(=O)NCCCCC(F)(F)F. The third kappa shape index (κ3) is 6.56. The van der Waals surface area contributed by atoms with E-state index < -0.39 is 12.6 Å². The molecule has 1 aliphatic heterocycles. The molecule has 1 aliphatic rings. The molecule has 1 rings (SSSR count). The molecular weight excluding hydrogens is 273 g/mol. The van der Waals surface area contributed by atoms with Crippen molar-refractivity contribution >= 4 is 5.91 Å². The molecule has 0 spiro atoms. The fourth-order valence-electron chi connectivity index (χ4n) is 2.14. The average molecular weight is 296 g/mol. The summed E-state index contributed by atoms with van der Waals surface area (Å²) in [6.07, 6.45) is -3.55. The Morgan fingerprint density at radius 1 is 1.25 bits per heavy atom. The number of carbonyl (C=O) groups is 1. The quantitative estimate of drug-likeness (QED) is 0.672. The zero-order valence-corrected chi connectivity index (χ0v) is 11.8. The Labute approximate surface area is 117 Å². The standard InChI is InChI=1S/C13H23F3N2O2/c1-2-6-17-11-9-20-8-10(11)12(19)18-7-4-3-5-13(14,15)16/h10-11,17H,2-9H2,1H3,(H,18,19). The van der Waals surface area contributed by atoms with Gasteiger partial charge in [0, 0.05) is 19.0 Å². The van der Waals surface area contributed by atoms with Crippen LogP contribution in [0.4, 0.5) is 13.2 Å². The first-order valence-corrected chi connectivity index (χ1v) is 7.09. The maximum Gasteiger partial charge on any atom is 0.389 e. The third-order valence-electron chi connectivity index (χ3n) is 3.26. The van der Waals surface area contributed by atoms with Crippen LogP contribution in [-0.4, -0.2) is 44.4 Å². The molecule has 0 aliphatic carbocycles. The largest absolute Gasteiger partial charge is 0.389 e. The van der Waals surface area contributed by atoms with Gasteiger partial charge in [0.05, 0.1) is 19.1 Å². The Morgan fingerprint density at radius 3 is 2.65 bits per heavy atom. The number of carbonyl (C=O) groups excluding carboxylic acids is 1. The monoisotopic (exact) mass is 296 g/mol. The zero-order chi connectivity index (χ0) is 15.0. The predicted octanol–water partition coefficient (Wildman–Crippen LogP) is 1.85. The van der Waals surface area contributed by atoms with Gasteiger partial charge >= 0.3 is 6.18 Å². The van der Waals surface area contributed by atoms with Crippen LogP contribution in [0.1, 0.15) is 32.6 Å². The van der Waals surface area contributed by atoms with Gasteiger partial charge in [-0.05, 0) is 25.8 Å². The summed E-state index contributed by atoms with van der Waals surface area (Å²) in [6.45, 7) is 4.02. The van der Waals surface area contributed by atoms with Gasteiger partial charge in [0.1, 0.15) is 0 Å². The Hall–Kier alpha value is -0.820. The van der Waals surface area contributed by atoms with E-state index in [1.807, 2.05) is 6.92 Å². The zero-order valence-electron chi connectivity index (χ0n) is 11.8. The molecular formula is C13H23F3N2O2. The van der Waals surface area contributed by atoms with Crippen molar-refractivity contribution in [2.45, 2.75) is 44.8 Å². The smallest absolute Gasteiger partial charge is 0.379 e. The average Bonchev–Trinajstić information content (AvgIpc) is 2.82. The summed E-state index contributed by atoms with van der Waals surface area (Å²) in [7, 11) is 0. The van der Waals surface area contributed by atoms with Gasteiger partial charge < -0.3 is 15.4 Å². The van der Waals surface area contributed by atoms with E-state index in [4.69, 9.17) is 4.74 Å². The summed E-state index contributed by atoms with van der Waals surface area (Å²) in [5.41, 5.74) is 0. The number of unbranched alkanes of at least 4 members (excludes halogenated alkanes) is 1. The second-order valence-corrected chi connectivity index (χ2v) is 5.07. The van der Waals surface area contributed by atoms with Crippen molar-refractivity contribution in [3.63, 3.8) is 0 Å². The van der Waals surface area contributed by atoms with Gasteiger partial charge in [-0.2, -0.15) is 13.2 Å². The molecule has 0 saturated carbocycles. The maximum absolute atomic E-state index is 11.9. The van der Waals surface area contributed by atoms with Crippen molar-refractivity contribution in [2.75, 3.05) is 26.3 Å². The number of rotatable bonds is 8. The molecule has 1 fully saturated rings. The molecule has 7 heteroatoms. The lowest BCUT2D eigenvalue weighted by Crippen LogP contribution is -2.44. The van der Waals surface area contributed by atoms with Crippen LogP contribution < -0.4 is 10.6 Å². The third-order valence-corrected chi connectivity index (χ3v) is 3.26. The van der Waals surface area contributed by atoms with Gasteiger partial charge in [0.15, 0.2) is 0 Å². The van der Waals surface area contributed by atoms with E-state index in [-0.39, 0.29) is 30.8 Å². The molecule has 2 atom stereocenters. The normalized spacial score (nSPS) is 23.0. The first-order valence-electron chi connectivity index (χ1n) is 7.09. The van der Waals surface area contributed by atoms with E-state index >= 15 is 0 Å². The van der Waals surface area contributed by atoms with Crippen LogP contribution in [0.5, 0.6) is 0 Å². The van der Waals surface area contributed by atoms with Gasteiger partial charge in [-0.25, -0.2) is 0 Å². The predicted molar refractivity (Wildman–Crippen MR) is 69.3 cm³/mol. The molecule has 118 valence electrons. The number of ether oxygens (including phenoxy) is 1. The number of halogens is 3. The highest BCUT2D eigenvalue weighted by atomic mass is 19.4. The summed E-state index contributed by atoms with van der Waals surface area (Å²) in [5, 5.41) is 5.94. The van der Waals surface area contributed by atoms with Crippen LogP contribution >= 0.6 is 0 Å². The number of amides is 1. The Morgan fingerprint density at radius 2 is 2.00 bits per heavy atom. The molecule has 0 bridgehead atoms. The van der Waals surface area contributed by atoms with E-state index in [2.05, 4.69) is 10.6 Å². The molecule has 2 N–H and O–H groups in total. The highest BCUT2D eigenvalue weighted by Crippen LogP contribution is 2.22. The number of alkyl halides is 3. The summed E-state index contributed by atoms with van der Waals surface area (Å²) < 4.78 is 41.1. The summed E-state index contributed by atoms with van der Waals surface area (Å²) >= 11 is 0. The summed E-state index contributed by atoms with van der Waals surface area (Å²) in [5.74, 6) is -0.382. The summed E-state index contributed by atoms with van der Waals surface area (Å²) in [4.78, 5) is 11.9. The number of hydrogen-bond donors (Lipinski definition) is 2. The first kappa shape index (κ1) is 17.2. The maximum atomic E-state index is 11.9. The molecule has 1 saturated heterocycles. The van der Waals surface area contributed by atoms with Gasteiger partial charge in [-0.15, -0.1) is 0 Å². The fourth-order valence-corrected chi connectivity index (χ4v) is 2.14. The minimum absolute atomic E-state index is 0.00475. The minimum atomic E-state index is -4.11. The Bertz CT molecular complexity index is 298. The Kier molecular flexibility index (Phi) is 7.29. The van der Waals surface area contributed by atoms with Crippen molar-refractivity contribution in [3.05, 3.63) is 0 Å². The lowest BCUT2D eigenvalue weighted by Gasteiger charge is -2.18. The van der Waals surface area contributed by atoms with Crippen LogP contribution in [0.3, 0.4) is 0 Å². The second-order valence-electron chi connectivity index (χ2n) is 5.07. The molecule has 1 heterocycles. The van der Waals surface area contributed by atoms with Crippen molar-refractivity contribution in [1.29, 1.82) is 0 Å². The molecule has 1 amide bonds. The lowest BCUT2D eigenvalue weighted by atomic mass is 10.0. The van der Waals surface area contributed by atoms with Gasteiger partial charge in [-0.3, -0.25) is 4.79 Å². The van der Waals surface area contributed by atoms with E-state index in [1.54, 1.807) is 0 Å². The van der Waals surface area contributed by atoms with E-state index in [9.17, 15) is 18.0 Å². The highest BCUT2D eigenvalue weighted by Gasteiger charge is 2.33. The number of nitrogens with one attached hydrogen (secondary N) is 2. The molecule has 0 aromatic carbocycles. The van der Waals surface area contributed by atoms with E-state index in [0.29, 0.717) is 19.6 Å². The molecule has 2 unspecified atom stereocenters.